The first kappa shape index (κ1) is 27.1. The number of halogens is 1. The lowest BCUT2D eigenvalue weighted by Gasteiger charge is -2.05. The van der Waals surface area contributed by atoms with Gasteiger partial charge in [0, 0.05) is 6.42 Å². The van der Waals surface area contributed by atoms with Crippen molar-refractivity contribution in [3.05, 3.63) is 0 Å². The van der Waals surface area contributed by atoms with Crippen LogP contribution in [-0.2, 0) is 4.79 Å². The number of carbonyl (C=O) groups excluding carboxylic acids is 1. The van der Waals surface area contributed by atoms with Gasteiger partial charge in [-0.15, -0.1) is 11.6 Å². The number of unbranched alkanes of at least 4 members (excludes halogenated alkanes) is 12. The Labute approximate surface area is 164 Å². The van der Waals surface area contributed by atoms with Crippen LogP contribution in [0.15, 0.2) is 0 Å². The van der Waals surface area contributed by atoms with Gasteiger partial charge in [0.05, 0.1) is 5.38 Å². The van der Waals surface area contributed by atoms with Gasteiger partial charge in [-0.2, -0.15) is 0 Å². The molecule has 0 N–H and O–H groups in total. The summed E-state index contributed by atoms with van der Waals surface area (Å²) in [4.78, 5) is 13.5. The number of Topliss-reactive ketones (excluding diaryl/α,β-unsaturated/α-hetero) is 1. The fourth-order valence-electron chi connectivity index (χ4n) is 2.70. The van der Waals surface area contributed by atoms with Crippen LogP contribution in [0.3, 0.4) is 0 Å². The van der Waals surface area contributed by atoms with E-state index in [9.17, 15) is 4.79 Å². The summed E-state index contributed by atoms with van der Waals surface area (Å²) in [6.45, 7) is 4.24. The summed E-state index contributed by atoms with van der Waals surface area (Å²) in [6, 6.07) is 0. The molecule has 0 radical (unpaired) electrons. The molecule has 3 heteroatoms. The highest BCUT2D eigenvalue weighted by molar-refractivity contribution is 6.31. The quantitative estimate of drug-likeness (QED) is 0.209. The van der Waals surface area contributed by atoms with Gasteiger partial charge in [-0.05, 0) is 34.0 Å². The third-order valence-corrected chi connectivity index (χ3v) is 4.79. The zero-order valence-electron chi connectivity index (χ0n) is 17.9. The maximum absolute atomic E-state index is 11.5. The van der Waals surface area contributed by atoms with E-state index in [0.29, 0.717) is 6.42 Å². The molecule has 0 fully saturated rings. The summed E-state index contributed by atoms with van der Waals surface area (Å²) in [6.07, 6.45) is 18.9. The highest BCUT2D eigenvalue weighted by Gasteiger charge is 2.11. The van der Waals surface area contributed by atoms with Crippen molar-refractivity contribution < 1.29 is 4.79 Å². The Balaban J connectivity index is 0. The molecule has 0 bridgehead atoms. The number of rotatable bonds is 16. The van der Waals surface area contributed by atoms with Crippen molar-refractivity contribution in [2.45, 2.75) is 116 Å². The molecular formula is C22H46ClNO. The molecular weight excluding hydrogens is 330 g/mol. The van der Waals surface area contributed by atoms with Crippen molar-refractivity contribution in [2.24, 2.45) is 0 Å². The predicted molar refractivity (Wildman–Crippen MR) is 115 cm³/mol. The smallest absolute Gasteiger partial charge is 0.150 e. The molecule has 25 heavy (non-hydrogen) atoms. The normalized spacial score (nSPS) is 12.0. The molecule has 0 aliphatic rings. The van der Waals surface area contributed by atoms with Gasteiger partial charge >= 0.3 is 0 Å². The van der Waals surface area contributed by atoms with E-state index in [2.05, 4.69) is 6.92 Å². The van der Waals surface area contributed by atoms with Crippen LogP contribution >= 0.6 is 11.6 Å². The maximum Gasteiger partial charge on any atom is 0.150 e. The fourth-order valence-corrected chi connectivity index (χ4v) is 2.81. The van der Waals surface area contributed by atoms with Crippen LogP contribution in [0.1, 0.15) is 110 Å². The lowest BCUT2D eigenvalue weighted by Crippen LogP contribution is -2.12. The van der Waals surface area contributed by atoms with Crippen molar-refractivity contribution in [1.29, 1.82) is 0 Å². The van der Waals surface area contributed by atoms with Gasteiger partial charge in [0.25, 0.3) is 0 Å². The van der Waals surface area contributed by atoms with Crippen LogP contribution in [0, 0.1) is 0 Å². The van der Waals surface area contributed by atoms with E-state index in [1.165, 1.54) is 77.0 Å². The van der Waals surface area contributed by atoms with E-state index >= 15 is 0 Å². The van der Waals surface area contributed by atoms with E-state index in [1.807, 2.05) is 33.0 Å². The van der Waals surface area contributed by atoms with Crippen molar-refractivity contribution >= 4 is 17.4 Å². The minimum absolute atomic E-state index is 0.238. The number of ketones is 1. The van der Waals surface area contributed by atoms with E-state index in [1.54, 1.807) is 0 Å². The fraction of sp³-hybridized carbons (Fsp3) is 0.955. The Morgan fingerprint density at radius 1 is 0.720 bits per heavy atom. The van der Waals surface area contributed by atoms with Gasteiger partial charge < -0.3 is 4.90 Å². The topological polar surface area (TPSA) is 20.3 Å². The van der Waals surface area contributed by atoms with Crippen molar-refractivity contribution in [3.8, 4) is 0 Å². The van der Waals surface area contributed by atoms with Gasteiger partial charge in [-0.3, -0.25) is 4.79 Å². The van der Waals surface area contributed by atoms with Crippen LogP contribution in [0.5, 0.6) is 0 Å². The van der Waals surface area contributed by atoms with Crippen molar-refractivity contribution in [1.82, 2.24) is 4.90 Å². The second kappa shape index (κ2) is 22.0. The monoisotopic (exact) mass is 375 g/mol. The average molecular weight is 376 g/mol. The van der Waals surface area contributed by atoms with Gasteiger partial charge in [-0.1, -0.05) is 90.9 Å². The Morgan fingerprint density at radius 3 is 1.36 bits per heavy atom. The van der Waals surface area contributed by atoms with Gasteiger partial charge in [0.1, 0.15) is 0 Å². The number of hydrogen-bond acceptors (Lipinski definition) is 2. The molecule has 2 nitrogen and oxygen atoms in total. The SMILES string of the molecule is CCCCCCCCCCCCCCCC(=O)C(Cl)CC.CN(C)C. The number of hydrogen-bond donors (Lipinski definition) is 0. The van der Waals surface area contributed by atoms with Crippen LogP contribution in [0.4, 0.5) is 0 Å². The van der Waals surface area contributed by atoms with E-state index in [4.69, 9.17) is 11.6 Å². The van der Waals surface area contributed by atoms with Gasteiger partial charge in [0.2, 0.25) is 0 Å². The molecule has 0 amide bonds. The van der Waals surface area contributed by atoms with E-state index in [-0.39, 0.29) is 11.2 Å². The molecule has 0 aromatic carbocycles. The Morgan fingerprint density at radius 2 is 1.04 bits per heavy atom. The first-order valence-corrected chi connectivity index (χ1v) is 11.2. The molecule has 0 saturated carbocycles. The van der Waals surface area contributed by atoms with Gasteiger partial charge in [0.15, 0.2) is 5.78 Å². The Hall–Kier alpha value is -0.0800. The number of carbonyl (C=O) groups is 1. The molecule has 0 rings (SSSR count). The number of alkyl halides is 1. The molecule has 0 aromatic heterocycles. The summed E-state index contributed by atoms with van der Waals surface area (Å²) in [5.74, 6) is 0.238. The third kappa shape index (κ3) is 26.3. The Bertz CT molecular complexity index is 266. The van der Waals surface area contributed by atoms with Crippen LogP contribution in [0.25, 0.3) is 0 Å². The number of nitrogens with zero attached hydrogens (tertiary/aromatic N) is 1. The molecule has 0 aromatic rings. The minimum atomic E-state index is -0.248. The third-order valence-electron chi connectivity index (χ3n) is 4.23. The molecule has 0 heterocycles. The largest absolute Gasteiger partial charge is 0.312 e. The first-order chi connectivity index (χ1) is 12.0. The first-order valence-electron chi connectivity index (χ1n) is 10.7. The van der Waals surface area contributed by atoms with Crippen molar-refractivity contribution in [3.63, 3.8) is 0 Å². The predicted octanol–water partition coefficient (Wildman–Crippen LogP) is 7.23. The molecule has 0 aliphatic heterocycles. The Kier molecular flexibility index (Phi) is 23.8. The maximum atomic E-state index is 11.5. The summed E-state index contributed by atoms with van der Waals surface area (Å²) in [5.41, 5.74) is 0. The summed E-state index contributed by atoms with van der Waals surface area (Å²) >= 11 is 5.92. The van der Waals surface area contributed by atoms with Crippen LogP contribution < -0.4 is 0 Å². The molecule has 152 valence electrons. The summed E-state index contributed by atoms with van der Waals surface area (Å²) < 4.78 is 0. The molecule has 0 saturated heterocycles. The lowest BCUT2D eigenvalue weighted by molar-refractivity contribution is -0.118. The summed E-state index contributed by atoms with van der Waals surface area (Å²) in [7, 11) is 6.00. The zero-order valence-corrected chi connectivity index (χ0v) is 18.7. The minimum Gasteiger partial charge on any atom is -0.312 e. The highest BCUT2D eigenvalue weighted by atomic mass is 35.5. The molecule has 1 unspecified atom stereocenters. The second-order valence-electron chi connectivity index (χ2n) is 7.68. The van der Waals surface area contributed by atoms with Gasteiger partial charge in [-0.25, -0.2) is 0 Å². The molecule has 0 spiro atoms. The van der Waals surface area contributed by atoms with Crippen LogP contribution in [0.2, 0.25) is 0 Å². The van der Waals surface area contributed by atoms with Crippen molar-refractivity contribution in [2.75, 3.05) is 21.1 Å². The summed E-state index contributed by atoms with van der Waals surface area (Å²) in [5, 5.41) is -0.248. The molecule has 1 atom stereocenters. The second-order valence-corrected chi connectivity index (χ2v) is 8.20. The zero-order chi connectivity index (χ0) is 19.3. The van der Waals surface area contributed by atoms with Crippen LogP contribution in [-0.4, -0.2) is 37.2 Å². The standard InChI is InChI=1S/C19H37ClO.C3H9N/c1-3-5-6-7-8-9-10-11-12-13-14-15-16-17-19(21)18(20)4-2;1-4(2)3/h18H,3-17H2,1-2H3;1-3H3. The molecule has 0 aliphatic carbocycles. The average Bonchev–Trinajstić information content (AvgIpc) is 2.57. The highest BCUT2D eigenvalue weighted by Crippen LogP contribution is 2.14. The lowest BCUT2D eigenvalue weighted by atomic mass is 10.0. The van der Waals surface area contributed by atoms with E-state index < -0.39 is 0 Å². The van der Waals surface area contributed by atoms with E-state index in [0.717, 1.165) is 12.8 Å².